The van der Waals surface area contributed by atoms with E-state index in [-0.39, 0.29) is 0 Å². The second kappa shape index (κ2) is 4.74. The van der Waals surface area contributed by atoms with Crippen molar-refractivity contribution in [3.05, 3.63) is 53.3 Å². The van der Waals surface area contributed by atoms with Gasteiger partial charge in [0.2, 0.25) is 0 Å². The highest BCUT2D eigenvalue weighted by Gasteiger charge is 1.99. The van der Waals surface area contributed by atoms with Gasteiger partial charge < -0.3 is 5.32 Å². The molecule has 3 rings (SSSR count). The van der Waals surface area contributed by atoms with Crippen molar-refractivity contribution in [3.8, 4) is 0 Å². The molecule has 0 amide bonds. The molecule has 3 nitrogen and oxygen atoms in total. The summed E-state index contributed by atoms with van der Waals surface area (Å²) in [6.07, 6.45) is 1.91. The van der Waals surface area contributed by atoms with E-state index < -0.39 is 0 Å². The minimum absolute atomic E-state index is 0.789. The Morgan fingerprint density at radius 2 is 2.11 bits per heavy atom. The van der Waals surface area contributed by atoms with Crippen LogP contribution in [0, 0.1) is 6.92 Å². The van der Waals surface area contributed by atoms with E-state index in [2.05, 4.69) is 33.5 Å². The van der Waals surface area contributed by atoms with Crippen molar-refractivity contribution >= 4 is 27.2 Å². The lowest BCUT2D eigenvalue weighted by Gasteiger charge is -2.06. The van der Waals surface area contributed by atoms with E-state index in [1.54, 1.807) is 11.3 Å². The Morgan fingerprint density at radius 1 is 1.17 bits per heavy atom. The van der Waals surface area contributed by atoms with Crippen molar-refractivity contribution in [2.45, 2.75) is 13.5 Å². The van der Waals surface area contributed by atoms with Crippen molar-refractivity contribution < 1.29 is 0 Å². The van der Waals surface area contributed by atoms with Gasteiger partial charge in [-0.25, -0.2) is 4.98 Å². The number of anilines is 1. The molecule has 0 aliphatic rings. The van der Waals surface area contributed by atoms with Gasteiger partial charge in [0.1, 0.15) is 0 Å². The summed E-state index contributed by atoms with van der Waals surface area (Å²) in [5.41, 5.74) is 6.28. The molecule has 18 heavy (non-hydrogen) atoms. The molecule has 0 unspecified atom stereocenters. The van der Waals surface area contributed by atoms with Gasteiger partial charge in [-0.3, -0.25) is 4.98 Å². The van der Waals surface area contributed by atoms with Gasteiger partial charge in [-0.1, -0.05) is 6.07 Å². The largest absolute Gasteiger partial charge is 0.381 e. The first-order valence-corrected chi connectivity index (χ1v) is 6.68. The molecule has 4 heteroatoms. The number of aromatic nitrogens is 2. The molecule has 0 radical (unpaired) electrons. The summed E-state index contributed by atoms with van der Waals surface area (Å²) in [6, 6.07) is 10.4. The quantitative estimate of drug-likeness (QED) is 0.777. The lowest BCUT2D eigenvalue weighted by atomic mass is 10.2. The summed E-state index contributed by atoms with van der Waals surface area (Å²) in [7, 11) is 0. The van der Waals surface area contributed by atoms with Crippen LogP contribution in [0.15, 0.2) is 42.0 Å². The molecular weight excluding hydrogens is 242 g/mol. The summed E-state index contributed by atoms with van der Waals surface area (Å²) < 4.78 is 1.21. The Labute approximate surface area is 110 Å². The Bertz CT molecular complexity index is 658. The Kier molecular flexibility index (Phi) is 2.94. The fraction of sp³-hybridized carbons (Fsp3) is 0.143. The van der Waals surface area contributed by atoms with Crippen LogP contribution in [0.4, 0.5) is 5.69 Å². The fourth-order valence-corrected chi connectivity index (χ4v) is 2.49. The van der Waals surface area contributed by atoms with Crippen LogP contribution in [0.25, 0.3) is 10.2 Å². The average Bonchev–Trinajstić information content (AvgIpc) is 2.85. The lowest BCUT2D eigenvalue weighted by molar-refractivity contribution is 1.09. The Balaban J connectivity index is 1.74. The highest BCUT2D eigenvalue weighted by Crippen LogP contribution is 2.22. The first-order chi connectivity index (χ1) is 8.81. The third-order valence-corrected chi connectivity index (χ3v) is 3.59. The van der Waals surface area contributed by atoms with Crippen LogP contribution in [0.2, 0.25) is 0 Å². The van der Waals surface area contributed by atoms with Crippen LogP contribution < -0.4 is 5.32 Å². The Morgan fingerprint density at radius 3 is 2.94 bits per heavy atom. The third kappa shape index (κ3) is 2.33. The smallest absolute Gasteiger partial charge is 0.0813 e. The monoisotopic (exact) mass is 255 g/mol. The molecule has 2 aromatic heterocycles. The third-order valence-electron chi connectivity index (χ3n) is 2.80. The lowest BCUT2D eigenvalue weighted by Crippen LogP contribution is -1.99. The normalized spacial score (nSPS) is 10.7. The molecule has 90 valence electrons. The summed E-state index contributed by atoms with van der Waals surface area (Å²) in [4.78, 5) is 8.55. The average molecular weight is 255 g/mol. The van der Waals surface area contributed by atoms with E-state index in [0.717, 1.165) is 23.4 Å². The summed E-state index contributed by atoms with van der Waals surface area (Å²) in [5.74, 6) is 0. The second-order valence-corrected chi connectivity index (χ2v) is 5.08. The molecule has 0 bridgehead atoms. The van der Waals surface area contributed by atoms with E-state index in [0.29, 0.717) is 0 Å². The van der Waals surface area contributed by atoms with Crippen LogP contribution in [0.5, 0.6) is 0 Å². The Hall–Kier alpha value is -1.94. The number of thiazole rings is 1. The SMILES string of the molecule is Cc1ccc(CNc2ccc3ncsc3c2)cn1. The number of pyridine rings is 1. The number of benzene rings is 1. The molecule has 0 aliphatic carbocycles. The zero-order valence-corrected chi connectivity index (χ0v) is 10.9. The predicted molar refractivity (Wildman–Crippen MR) is 75.9 cm³/mol. The molecular formula is C14H13N3S. The van der Waals surface area contributed by atoms with Crippen LogP contribution in [-0.4, -0.2) is 9.97 Å². The number of hydrogen-bond donors (Lipinski definition) is 1. The topological polar surface area (TPSA) is 37.8 Å². The maximum atomic E-state index is 4.29. The van der Waals surface area contributed by atoms with Crippen molar-refractivity contribution in [2.75, 3.05) is 5.32 Å². The molecule has 0 aliphatic heterocycles. The molecule has 0 saturated heterocycles. The van der Waals surface area contributed by atoms with Crippen molar-refractivity contribution in [1.82, 2.24) is 9.97 Å². The van der Waals surface area contributed by atoms with Gasteiger partial charge in [0.25, 0.3) is 0 Å². The number of rotatable bonds is 3. The molecule has 0 fully saturated rings. The van der Waals surface area contributed by atoms with Crippen molar-refractivity contribution in [3.63, 3.8) is 0 Å². The van der Waals surface area contributed by atoms with Crippen molar-refractivity contribution in [1.29, 1.82) is 0 Å². The van der Waals surface area contributed by atoms with Crippen LogP contribution in [0.1, 0.15) is 11.3 Å². The summed E-state index contributed by atoms with van der Waals surface area (Å²) in [6.45, 7) is 2.78. The maximum absolute atomic E-state index is 4.29. The molecule has 0 saturated carbocycles. The molecule has 1 N–H and O–H groups in total. The van der Waals surface area contributed by atoms with Gasteiger partial charge in [0, 0.05) is 24.1 Å². The molecule has 2 heterocycles. The van der Waals surface area contributed by atoms with E-state index in [9.17, 15) is 0 Å². The number of nitrogens with zero attached hydrogens (tertiary/aromatic N) is 2. The predicted octanol–water partition coefficient (Wildman–Crippen LogP) is 3.61. The second-order valence-electron chi connectivity index (χ2n) is 4.20. The zero-order chi connectivity index (χ0) is 12.4. The first kappa shape index (κ1) is 11.2. The summed E-state index contributed by atoms with van der Waals surface area (Å²) >= 11 is 1.66. The van der Waals surface area contributed by atoms with E-state index >= 15 is 0 Å². The van der Waals surface area contributed by atoms with Gasteiger partial charge in [0.15, 0.2) is 0 Å². The van der Waals surface area contributed by atoms with E-state index in [1.165, 1.54) is 10.3 Å². The van der Waals surface area contributed by atoms with E-state index in [4.69, 9.17) is 0 Å². The van der Waals surface area contributed by atoms with Gasteiger partial charge in [-0.2, -0.15) is 0 Å². The number of nitrogens with one attached hydrogen (secondary N) is 1. The number of fused-ring (bicyclic) bond motifs is 1. The standard InChI is InChI=1S/C14H13N3S/c1-10-2-3-11(7-15-10)8-16-12-4-5-13-14(6-12)18-9-17-13/h2-7,9,16H,8H2,1H3. The molecule has 0 atom stereocenters. The minimum Gasteiger partial charge on any atom is -0.381 e. The first-order valence-electron chi connectivity index (χ1n) is 5.80. The maximum Gasteiger partial charge on any atom is 0.0813 e. The summed E-state index contributed by atoms with van der Waals surface area (Å²) in [5, 5.41) is 3.40. The van der Waals surface area contributed by atoms with Gasteiger partial charge >= 0.3 is 0 Å². The van der Waals surface area contributed by atoms with Gasteiger partial charge in [-0.05, 0) is 36.8 Å². The zero-order valence-electron chi connectivity index (χ0n) is 10.1. The van der Waals surface area contributed by atoms with Gasteiger partial charge in [0.05, 0.1) is 15.7 Å². The highest BCUT2D eigenvalue weighted by atomic mass is 32.1. The molecule has 3 aromatic rings. The molecule has 0 spiro atoms. The van der Waals surface area contributed by atoms with Crippen molar-refractivity contribution in [2.24, 2.45) is 0 Å². The van der Waals surface area contributed by atoms with Crippen LogP contribution >= 0.6 is 11.3 Å². The van der Waals surface area contributed by atoms with Gasteiger partial charge in [-0.15, -0.1) is 11.3 Å². The minimum atomic E-state index is 0.789. The van der Waals surface area contributed by atoms with E-state index in [1.807, 2.05) is 30.8 Å². The van der Waals surface area contributed by atoms with Crippen LogP contribution in [0.3, 0.4) is 0 Å². The number of hydrogen-bond acceptors (Lipinski definition) is 4. The van der Waals surface area contributed by atoms with Crippen LogP contribution in [-0.2, 0) is 6.54 Å². The highest BCUT2D eigenvalue weighted by molar-refractivity contribution is 7.16. The molecule has 1 aromatic carbocycles. The fourth-order valence-electron chi connectivity index (χ4n) is 1.77. The number of aryl methyl sites for hydroxylation is 1.